The van der Waals surface area contributed by atoms with Crippen LogP contribution in [0.25, 0.3) is 4.96 Å². The number of piperazine rings is 1. The van der Waals surface area contributed by atoms with Crippen LogP contribution in [-0.4, -0.2) is 64.5 Å². The molecule has 0 aliphatic carbocycles. The van der Waals surface area contributed by atoms with Gasteiger partial charge in [-0.1, -0.05) is 19.6 Å². The molecular formula is C23H39N5O2S. The van der Waals surface area contributed by atoms with Crippen LogP contribution in [0, 0.1) is 0 Å². The van der Waals surface area contributed by atoms with Gasteiger partial charge in [-0.25, -0.2) is 4.98 Å². The predicted molar refractivity (Wildman–Crippen MR) is 130 cm³/mol. The number of rotatable bonds is 5. The number of hydrogen-bond donors (Lipinski definition) is 1. The fourth-order valence-corrected chi connectivity index (χ4v) is 3.79. The average Bonchev–Trinajstić information content (AvgIpc) is 3.23. The molecule has 3 rings (SSSR count). The number of nitrogens with two attached hydrogens (primary N) is 1. The number of hydrogen-bond acceptors (Lipinski definition) is 7. The van der Waals surface area contributed by atoms with E-state index < -0.39 is 0 Å². The van der Waals surface area contributed by atoms with Crippen molar-refractivity contribution >= 4 is 22.8 Å². The zero-order valence-corrected chi connectivity index (χ0v) is 20.7. The van der Waals surface area contributed by atoms with Gasteiger partial charge >= 0.3 is 0 Å². The van der Waals surface area contributed by atoms with Crippen molar-refractivity contribution in [2.45, 2.75) is 52.7 Å². The largest absolute Gasteiger partial charge is 0.462 e. The van der Waals surface area contributed by atoms with E-state index in [0.29, 0.717) is 12.2 Å². The lowest BCUT2D eigenvalue weighted by molar-refractivity contribution is -0.138. The normalized spacial score (nSPS) is 15.8. The van der Waals surface area contributed by atoms with Crippen LogP contribution in [0.4, 0.5) is 0 Å². The third-order valence-corrected chi connectivity index (χ3v) is 5.53. The molecule has 1 unspecified atom stereocenters. The molecule has 0 bridgehead atoms. The number of ether oxygens (including phenoxy) is 1. The fraction of sp³-hybridized carbons (Fsp3) is 0.565. The molecule has 1 saturated heterocycles. The van der Waals surface area contributed by atoms with Crippen LogP contribution in [-0.2, 0) is 16.1 Å². The molecule has 0 aromatic carbocycles. The van der Waals surface area contributed by atoms with Crippen LogP contribution in [0.5, 0.6) is 0 Å². The van der Waals surface area contributed by atoms with E-state index in [2.05, 4.69) is 57.6 Å². The van der Waals surface area contributed by atoms with E-state index in [1.807, 2.05) is 27.7 Å². The molecule has 1 atom stereocenters. The fourth-order valence-electron chi connectivity index (χ4n) is 2.80. The Bertz CT molecular complexity index is 829. The molecule has 1 aliphatic heterocycles. The Morgan fingerprint density at radius 3 is 2.39 bits per heavy atom. The maximum Gasteiger partial charge on any atom is 0.293 e. The zero-order chi connectivity index (χ0) is 23.6. The van der Waals surface area contributed by atoms with Gasteiger partial charge in [0.2, 0.25) is 0 Å². The highest BCUT2D eigenvalue weighted by Crippen LogP contribution is 2.26. The highest BCUT2D eigenvalue weighted by Gasteiger charge is 2.18. The number of allylic oxidation sites excluding steroid dienone is 2. The summed E-state index contributed by atoms with van der Waals surface area (Å²) in [6.07, 6.45) is 3.90. The van der Waals surface area contributed by atoms with Gasteiger partial charge < -0.3 is 15.4 Å². The summed E-state index contributed by atoms with van der Waals surface area (Å²) < 4.78 is 6.71. The Morgan fingerprint density at radius 1 is 1.35 bits per heavy atom. The molecule has 8 heteroatoms. The number of imidazole rings is 1. The number of fused-ring (bicyclic) bond motifs is 1. The molecule has 7 nitrogen and oxygen atoms in total. The summed E-state index contributed by atoms with van der Waals surface area (Å²) in [5, 5.41) is 2.13. The molecule has 3 heterocycles. The standard InChI is InChI=1S/C15H23N5S.C5H10O2.C3H6/c1-11(12(2)16)14-10-21-15-17-13(9-20(14)15)8-19-6-4-18(3)5-7-19;1-5(2,3)7-4-6;1-3-2/h9-11H,2,4-8,16H2,1,3H3;4H,1-3H3;3H,1H2,2H3. The minimum absolute atomic E-state index is 0.157. The van der Waals surface area contributed by atoms with E-state index in [-0.39, 0.29) is 11.5 Å². The lowest BCUT2D eigenvalue weighted by Crippen LogP contribution is -2.43. The van der Waals surface area contributed by atoms with Gasteiger partial charge in [-0.05, 0) is 34.7 Å². The molecule has 0 spiro atoms. The van der Waals surface area contributed by atoms with Gasteiger partial charge in [0, 0.05) is 61.6 Å². The smallest absolute Gasteiger partial charge is 0.293 e. The van der Waals surface area contributed by atoms with Gasteiger partial charge in [-0.2, -0.15) is 0 Å². The van der Waals surface area contributed by atoms with Gasteiger partial charge in [0.15, 0.2) is 4.96 Å². The summed E-state index contributed by atoms with van der Waals surface area (Å²) in [4.78, 5) is 20.2. The predicted octanol–water partition coefficient (Wildman–Crippen LogP) is 3.87. The van der Waals surface area contributed by atoms with Crippen molar-refractivity contribution in [2.24, 2.45) is 5.73 Å². The summed E-state index contributed by atoms with van der Waals surface area (Å²) in [6, 6.07) is 0. The summed E-state index contributed by atoms with van der Waals surface area (Å²) in [6.45, 7) is 22.6. The number of carbonyl (C=O) groups is 1. The molecular weight excluding hydrogens is 410 g/mol. The highest BCUT2D eigenvalue weighted by molar-refractivity contribution is 7.15. The lowest BCUT2D eigenvalue weighted by atomic mass is 10.1. The zero-order valence-electron chi connectivity index (χ0n) is 19.9. The number of likely N-dealkylation sites (N-methyl/N-ethyl adjacent to an activating group) is 1. The number of aromatic nitrogens is 2. The molecule has 0 saturated carbocycles. The first-order valence-corrected chi connectivity index (χ1v) is 11.4. The van der Waals surface area contributed by atoms with Crippen molar-refractivity contribution in [2.75, 3.05) is 33.2 Å². The first-order valence-electron chi connectivity index (χ1n) is 10.5. The molecule has 31 heavy (non-hydrogen) atoms. The molecule has 2 aromatic rings. The topological polar surface area (TPSA) is 76.1 Å². The van der Waals surface area contributed by atoms with Gasteiger partial charge in [-0.15, -0.1) is 17.9 Å². The van der Waals surface area contributed by atoms with Crippen LogP contribution in [0.15, 0.2) is 36.5 Å². The van der Waals surface area contributed by atoms with E-state index in [1.165, 1.54) is 5.69 Å². The number of carbonyl (C=O) groups excluding carboxylic acids is 1. The monoisotopic (exact) mass is 449 g/mol. The van der Waals surface area contributed by atoms with Crippen LogP contribution < -0.4 is 5.73 Å². The first kappa shape index (κ1) is 26.9. The second-order valence-corrected chi connectivity index (χ2v) is 9.49. The Kier molecular flexibility index (Phi) is 11.0. The third kappa shape index (κ3) is 9.25. The van der Waals surface area contributed by atoms with Crippen molar-refractivity contribution in [3.05, 3.63) is 47.9 Å². The average molecular weight is 450 g/mol. The molecule has 174 valence electrons. The molecule has 1 fully saturated rings. The van der Waals surface area contributed by atoms with Gasteiger partial charge in [0.1, 0.15) is 5.60 Å². The Hall–Kier alpha value is -2.16. The van der Waals surface area contributed by atoms with E-state index in [9.17, 15) is 4.79 Å². The molecule has 1 aliphatic rings. The van der Waals surface area contributed by atoms with Crippen molar-refractivity contribution in [1.29, 1.82) is 0 Å². The molecule has 0 radical (unpaired) electrons. The second kappa shape index (κ2) is 12.6. The van der Waals surface area contributed by atoms with Crippen LogP contribution in [0.2, 0.25) is 0 Å². The minimum Gasteiger partial charge on any atom is -0.462 e. The molecule has 0 amide bonds. The number of thiazole rings is 1. The van der Waals surface area contributed by atoms with Gasteiger partial charge in [0.25, 0.3) is 6.47 Å². The van der Waals surface area contributed by atoms with E-state index in [4.69, 9.17) is 10.7 Å². The summed E-state index contributed by atoms with van der Waals surface area (Å²) in [5.41, 5.74) is 8.55. The molecule has 2 aromatic heterocycles. The van der Waals surface area contributed by atoms with E-state index in [0.717, 1.165) is 43.4 Å². The van der Waals surface area contributed by atoms with Crippen molar-refractivity contribution in [1.82, 2.24) is 19.2 Å². The van der Waals surface area contributed by atoms with Crippen LogP contribution in [0.3, 0.4) is 0 Å². The van der Waals surface area contributed by atoms with Crippen LogP contribution in [0.1, 0.15) is 51.9 Å². The van der Waals surface area contributed by atoms with Gasteiger partial charge in [0.05, 0.1) is 5.69 Å². The first-order chi connectivity index (χ1) is 14.5. The minimum atomic E-state index is -0.318. The maximum absolute atomic E-state index is 9.60. The molecule has 2 N–H and O–H groups in total. The maximum atomic E-state index is 9.60. The number of nitrogens with zero attached hydrogens (tertiary/aromatic N) is 4. The van der Waals surface area contributed by atoms with E-state index in [1.54, 1.807) is 17.4 Å². The quantitative estimate of drug-likeness (QED) is 0.552. The Balaban J connectivity index is 0.000000406. The van der Waals surface area contributed by atoms with E-state index >= 15 is 0 Å². The van der Waals surface area contributed by atoms with Crippen molar-refractivity contribution in [3.8, 4) is 0 Å². The van der Waals surface area contributed by atoms with Crippen molar-refractivity contribution < 1.29 is 9.53 Å². The summed E-state index contributed by atoms with van der Waals surface area (Å²) in [7, 11) is 2.18. The highest BCUT2D eigenvalue weighted by atomic mass is 32.1. The Labute approximate surface area is 191 Å². The summed E-state index contributed by atoms with van der Waals surface area (Å²) in [5.74, 6) is 0.157. The lowest BCUT2D eigenvalue weighted by Gasteiger charge is -2.31. The second-order valence-electron chi connectivity index (χ2n) is 8.66. The SMILES string of the molecule is C=C(N)C(C)c1csc2nc(CN3CCN(C)CC3)cn12.C=CC.CC(C)(C)OC=O. The Morgan fingerprint density at radius 2 is 1.94 bits per heavy atom. The van der Waals surface area contributed by atoms with Gasteiger partial charge in [-0.3, -0.25) is 14.1 Å². The van der Waals surface area contributed by atoms with Crippen LogP contribution >= 0.6 is 11.3 Å². The van der Waals surface area contributed by atoms with Crippen molar-refractivity contribution in [3.63, 3.8) is 0 Å². The summed E-state index contributed by atoms with van der Waals surface area (Å²) >= 11 is 1.67. The third-order valence-electron chi connectivity index (χ3n) is 4.67.